The van der Waals surface area contributed by atoms with Gasteiger partial charge in [0.25, 0.3) is 0 Å². The van der Waals surface area contributed by atoms with E-state index in [0.29, 0.717) is 13.2 Å². The maximum Gasteiger partial charge on any atom is 0.119 e. The highest BCUT2D eigenvalue weighted by Crippen LogP contribution is 2.16. The standard InChI is InChI=1S/C11H17NO.C2H6/c1-9-4-5-11(8-10(9)2)13-7-3-6-12;1-2/h4-5,8H,3,6-7,12H2,1-2H3;1-2H3. The predicted molar refractivity (Wildman–Crippen MR) is 66.4 cm³/mol. The maximum atomic E-state index is 5.50. The number of benzene rings is 1. The Morgan fingerprint density at radius 1 is 1.13 bits per heavy atom. The highest BCUT2D eigenvalue weighted by atomic mass is 16.5. The van der Waals surface area contributed by atoms with Crippen LogP contribution in [0, 0.1) is 13.8 Å². The fourth-order valence-electron chi connectivity index (χ4n) is 1.08. The minimum atomic E-state index is 0.685. The van der Waals surface area contributed by atoms with Crippen molar-refractivity contribution < 1.29 is 4.74 Å². The summed E-state index contributed by atoms with van der Waals surface area (Å²) in [5, 5.41) is 0. The Hall–Kier alpha value is -1.02. The lowest BCUT2D eigenvalue weighted by atomic mass is 10.1. The van der Waals surface area contributed by atoms with Crippen LogP contribution >= 0.6 is 0 Å². The largest absolute Gasteiger partial charge is 0.494 e. The van der Waals surface area contributed by atoms with E-state index < -0.39 is 0 Å². The number of rotatable bonds is 4. The minimum Gasteiger partial charge on any atom is -0.494 e. The van der Waals surface area contributed by atoms with Crippen molar-refractivity contribution in [2.45, 2.75) is 34.1 Å². The summed E-state index contributed by atoms with van der Waals surface area (Å²) in [5.74, 6) is 0.941. The summed E-state index contributed by atoms with van der Waals surface area (Å²) in [4.78, 5) is 0. The summed E-state index contributed by atoms with van der Waals surface area (Å²) in [7, 11) is 0. The number of hydrogen-bond acceptors (Lipinski definition) is 2. The molecule has 0 atom stereocenters. The van der Waals surface area contributed by atoms with Gasteiger partial charge in [-0.3, -0.25) is 0 Å². The summed E-state index contributed by atoms with van der Waals surface area (Å²) < 4.78 is 5.50. The van der Waals surface area contributed by atoms with Gasteiger partial charge < -0.3 is 10.5 Å². The molecule has 0 bridgehead atoms. The second-order valence-corrected chi connectivity index (χ2v) is 3.24. The van der Waals surface area contributed by atoms with Crippen LogP contribution in [0.3, 0.4) is 0 Å². The van der Waals surface area contributed by atoms with Crippen LogP contribution in [-0.2, 0) is 0 Å². The predicted octanol–water partition coefficient (Wildman–Crippen LogP) is 3.06. The molecule has 2 N–H and O–H groups in total. The molecule has 0 amide bonds. The van der Waals surface area contributed by atoms with Gasteiger partial charge in [-0.05, 0) is 50.1 Å². The second-order valence-electron chi connectivity index (χ2n) is 3.24. The Morgan fingerprint density at radius 2 is 1.80 bits per heavy atom. The van der Waals surface area contributed by atoms with Crippen LogP contribution in [0.1, 0.15) is 31.4 Å². The molecule has 0 heterocycles. The number of ether oxygens (including phenoxy) is 1. The van der Waals surface area contributed by atoms with E-state index in [-0.39, 0.29) is 0 Å². The molecule has 1 rings (SSSR count). The molecule has 1 aromatic carbocycles. The van der Waals surface area contributed by atoms with Crippen LogP contribution in [0.15, 0.2) is 18.2 Å². The van der Waals surface area contributed by atoms with Crippen molar-refractivity contribution in [2.24, 2.45) is 5.73 Å². The Kier molecular flexibility index (Phi) is 7.74. The number of aryl methyl sites for hydroxylation is 2. The van der Waals surface area contributed by atoms with E-state index in [1.807, 2.05) is 19.9 Å². The fourth-order valence-corrected chi connectivity index (χ4v) is 1.08. The van der Waals surface area contributed by atoms with Crippen LogP contribution < -0.4 is 10.5 Å². The Bertz CT molecular complexity index is 271. The first kappa shape index (κ1) is 14.0. The van der Waals surface area contributed by atoms with Crippen molar-refractivity contribution in [1.82, 2.24) is 0 Å². The molecule has 2 nitrogen and oxygen atoms in total. The molecule has 0 saturated carbocycles. The Morgan fingerprint density at radius 3 is 2.33 bits per heavy atom. The molecule has 86 valence electrons. The first-order valence-corrected chi connectivity index (χ1v) is 5.64. The summed E-state index contributed by atoms with van der Waals surface area (Å²) in [6.45, 7) is 9.58. The third kappa shape index (κ3) is 5.43. The molecule has 0 radical (unpaired) electrons. The molecule has 15 heavy (non-hydrogen) atoms. The van der Waals surface area contributed by atoms with Crippen LogP contribution in [0.4, 0.5) is 0 Å². The number of hydrogen-bond donors (Lipinski definition) is 1. The zero-order valence-corrected chi connectivity index (χ0v) is 10.3. The number of nitrogens with two attached hydrogens (primary N) is 1. The molecular weight excluding hydrogens is 186 g/mol. The molecular formula is C13H23NO. The average Bonchev–Trinajstić information content (AvgIpc) is 2.27. The molecule has 0 aromatic heterocycles. The average molecular weight is 209 g/mol. The zero-order valence-electron chi connectivity index (χ0n) is 10.3. The second kappa shape index (κ2) is 8.30. The van der Waals surface area contributed by atoms with Crippen LogP contribution in [-0.4, -0.2) is 13.2 Å². The molecule has 0 spiro atoms. The van der Waals surface area contributed by atoms with Crippen molar-refractivity contribution in [3.8, 4) is 5.75 Å². The normalized spacial score (nSPS) is 9.13. The van der Waals surface area contributed by atoms with Gasteiger partial charge in [-0.1, -0.05) is 19.9 Å². The van der Waals surface area contributed by atoms with Crippen molar-refractivity contribution in [1.29, 1.82) is 0 Å². The van der Waals surface area contributed by atoms with E-state index in [1.165, 1.54) is 11.1 Å². The molecule has 0 aliphatic carbocycles. The lowest BCUT2D eigenvalue weighted by molar-refractivity contribution is 0.313. The molecule has 0 aliphatic rings. The van der Waals surface area contributed by atoms with Gasteiger partial charge in [-0.15, -0.1) is 0 Å². The minimum absolute atomic E-state index is 0.685. The van der Waals surface area contributed by atoms with Gasteiger partial charge in [0.05, 0.1) is 6.61 Å². The molecule has 0 aliphatic heterocycles. The lowest BCUT2D eigenvalue weighted by Gasteiger charge is -2.07. The monoisotopic (exact) mass is 209 g/mol. The van der Waals surface area contributed by atoms with Crippen LogP contribution in [0.25, 0.3) is 0 Å². The third-order valence-corrected chi connectivity index (χ3v) is 2.10. The zero-order chi connectivity index (χ0) is 11.7. The fraction of sp³-hybridized carbons (Fsp3) is 0.538. The van der Waals surface area contributed by atoms with Gasteiger partial charge in [-0.2, -0.15) is 0 Å². The van der Waals surface area contributed by atoms with E-state index >= 15 is 0 Å². The van der Waals surface area contributed by atoms with E-state index in [9.17, 15) is 0 Å². The van der Waals surface area contributed by atoms with Gasteiger partial charge in [-0.25, -0.2) is 0 Å². The van der Waals surface area contributed by atoms with Gasteiger partial charge >= 0.3 is 0 Å². The van der Waals surface area contributed by atoms with Crippen molar-refractivity contribution >= 4 is 0 Å². The maximum absolute atomic E-state index is 5.50. The van der Waals surface area contributed by atoms with Gasteiger partial charge in [0.2, 0.25) is 0 Å². The van der Waals surface area contributed by atoms with E-state index in [4.69, 9.17) is 10.5 Å². The molecule has 2 heteroatoms. The topological polar surface area (TPSA) is 35.2 Å². The van der Waals surface area contributed by atoms with Crippen molar-refractivity contribution in [3.05, 3.63) is 29.3 Å². The van der Waals surface area contributed by atoms with Gasteiger partial charge in [0.1, 0.15) is 5.75 Å². The molecule has 0 unspecified atom stereocenters. The van der Waals surface area contributed by atoms with Crippen molar-refractivity contribution in [3.63, 3.8) is 0 Å². The van der Waals surface area contributed by atoms with Gasteiger partial charge in [0.15, 0.2) is 0 Å². The molecule has 0 fully saturated rings. The third-order valence-electron chi connectivity index (χ3n) is 2.10. The Balaban J connectivity index is 0.000000921. The summed E-state index contributed by atoms with van der Waals surface area (Å²) in [6.07, 6.45) is 0.910. The highest BCUT2D eigenvalue weighted by molar-refractivity contribution is 5.33. The Labute approximate surface area is 93.4 Å². The smallest absolute Gasteiger partial charge is 0.119 e. The van der Waals surface area contributed by atoms with Crippen LogP contribution in [0.2, 0.25) is 0 Å². The summed E-state index contributed by atoms with van der Waals surface area (Å²) in [5.41, 5.74) is 7.93. The van der Waals surface area contributed by atoms with Gasteiger partial charge in [0, 0.05) is 0 Å². The van der Waals surface area contributed by atoms with E-state index in [2.05, 4.69) is 26.0 Å². The SMILES string of the molecule is CC.Cc1ccc(OCCCN)cc1C. The highest BCUT2D eigenvalue weighted by Gasteiger charge is 1.96. The first-order valence-electron chi connectivity index (χ1n) is 5.64. The summed E-state index contributed by atoms with van der Waals surface area (Å²) >= 11 is 0. The van der Waals surface area contributed by atoms with E-state index in [0.717, 1.165) is 12.2 Å². The summed E-state index contributed by atoms with van der Waals surface area (Å²) in [6, 6.07) is 6.14. The lowest BCUT2D eigenvalue weighted by Crippen LogP contribution is -2.06. The van der Waals surface area contributed by atoms with E-state index in [1.54, 1.807) is 0 Å². The quantitative estimate of drug-likeness (QED) is 0.773. The van der Waals surface area contributed by atoms with Crippen molar-refractivity contribution in [2.75, 3.05) is 13.2 Å². The molecule has 1 aromatic rings. The van der Waals surface area contributed by atoms with Crippen LogP contribution in [0.5, 0.6) is 5.75 Å². The molecule has 0 saturated heterocycles. The first-order chi connectivity index (χ1) is 7.24.